The third kappa shape index (κ3) is 4.00. The minimum atomic E-state index is 0.0829. The molecular formula is C16H23NO2. The van der Waals surface area contributed by atoms with E-state index < -0.39 is 0 Å². The van der Waals surface area contributed by atoms with Gasteiger partial charge >= 0.3 is 0 Å². The molecule has 0 spiro atoms. The molecule has 1 aromatic carbocycles. The summed E-state index contributed by atoms with van der Waals surface area (Å²) in [6.07, 6.45) is 7.65. The van der Waals surface area contributed by atoms with Crippen LogP contribution in [0.2, 0.25) is 0 Å². The molecule has 0 saturated heterocycles. The maximum atomic E-state index is 6.23. The zero-order valence-corrected chi connectivity index (χ0v) is 11.4. The van der Waals surface area contributed by atoms with E-state index in [1.807, 2.05) is 24.3 Å². The van der Waals surface area contributed by atoms with Crippen LogP contribution < -0.4 is 15.2 Å². The molecule has 0 aliphatic carbocycles. The van der Waals surface area contributed by atoms with Gasteiger partial charge in [0.1, 0.15) is 13.2 Å². The summed E-state index contributed by atoms with van der Waals surface area (Å²) >= 11 is 0. The Morgan fingerprint density at radius 1 is 1.16 bits per heavy atom. The van der Waals surface area contributed by atoms with Crippen molar-refractivity contribution in [3.05, 3.63) is 36.4 Å². The summed E-state index contributed by atoms with van der Waals surface area (Å²) in [6, 6.07) is 6.10. The number of benzene rings is 1. The first kappa shape index (κ1) is 13.9. The van der Waals surface area contributed by atoms with Gasteiger partial charge in [-0.25, -0.2) is 0 Å². The highest BCUT2D eigenvalue weighted by molar-refractivity contribution is 5.44. The maximum Gasteiger partial charge on any atom is 0.161 e. The molecule has 0 bridgehead atoms. The Morgan fingerprint density at radius 3 is 2.74 bits per heavy atom. The Kier molecular flexibility index (Phi) is 5.28. The van der Waals surface area contributed by atoms with E-state index in [0.717, 1.165) is 36.3 Å². The fourth-order valence-electron chi connectivity index (χ4n) is 2.29. The summed E-state index contributed by atoms with van der Waals surface area (Å²) in [5, 5.41) is 0. The molecule has 1 atom stereocenters. The monoisotopic (exact) mass is 261 g/mol. The van der Waals surface area contributed by atoms with Crippen molar-refractivity contribution in [2.75, 3.05) is 13.2 Å². The van der Waals surface area contributed by atoms with Crippen molar-refractivity contribution in [2.24, 2.45) is 5.73 Å². The van der Waals surface area contributed by atoms with Gasteiger partial charge in [-0.3, -0.25) is 0 Å². The van der Waals surface area contributed by atoms with E-state index in [1.54, 1.807) is 0 Å². The number of nitrogens with two attached hydrogens (primary N) is 1. The smallest absolute Gasteiger partial charge is 0.161 e. The summed E-state index contributed by atoms with van der Waals surface area (Å²) in [5.74, 6) is 1.65. The number of allylic oxidation sites excluding steroid dienone is 1. The number of hydrogen-bond acceptors (Lipinski definition) is 3. The van der Waals surface area contributed by atoms with Gasteiger partial charge < -0.3 is 15.2 Å². The topological polar surface area (TPSA) is 44.5 Å². The molecule has 1 aromatic rings. The molecule has 1 heterocycles. The van der Waals surface area contributed by atoms with Crippen molar-refractivity contribution >= 4 is 0 Å². The zero-order valence-electron chi connectivity index (χ0n) is 11.4. The van der Waals surface area contributed by atoms with Crippen molar-refractivity contribution < 1.29 is 9.47 Å². The Bertz CT molecular complexity index is 417. The third-order valence-electron chi connectivity index (χ3n) is 3.42. The van der Waals surface area contributed by atoms with Crippen molar-refractivity contribution in [1.29, 1.82) is 0 Å². The first-order chi connectivity index (χ1) is 9.31. The number of ether oxygens (including phenoxy) is 2. The van der Waals surface area contributed by atoms with Crippen molar-refractivity contribution in [3.63, 3.8) is 0 Å². The van der Waals surface area contributed by atoms with Crippen molar-refractivity contribution in [1.82, 2.24) is 0 Å². The molecule has 3 heteroatoms. The molecule has 1 unspecified atom stereocenters. The number of hydrogen-bond donors (Lipinski definition) is 1. The van der Waals surface area contributed by atoms with Crippen LogP contribution in [0.3, 0.4) is 0 Å². The molecule has 104 valence electrons. The summed E-state index contributed by atoms with van der Waals surface area (Å²) in [4.78, 5) is 0. The van der Waals surface area contributed by atoms with E-state index in [1.165, 1.54) is 12.8 Å². The molecule has 3 nitrogen and oxygen atoms in total. The van der Waals surface area contributed by atoms with Gasteiger partial charge in [0.15, 0.2) is 11.5 Å². The van der Waals surface area contributed by atoms with E-state index in [-0.39, 0.29) is 6.04 Å². The van der Waals surface area contributed by atoms with E-state index in [4.69, 9.17) is 15.2 Å². The Balaban J connectivity index is 1.85. The minimum absolute atomic E-state index is 0.0829. The molecule has 1 aliphatic heterocycles. The van der Waals surface area contributed by atoms with Gasteiger partial charge in [0.25, 0.3) is 0 Å². The van der Waals surface area contributed by atoms with Gasteiger partial charge in [-0.05, 0) is 37.0 Å². The lowest BCUT2D eigenvalue weighted by molar-refractivity contribution is 0.171. The van der Waals surface area contributed by atoms with E-state index in [2.05, 4.69) is 6.58 Å². The van der Waals surface area contributed by atoms with Crippen molar-refractivity contribution in [2.45, 2.75) is 38.1 Å². The Morgan fingerprint density at radius 2 is 1.95 bits per heavy atom. The normalized spacial score (nSPS) is 15.0. The van der Waals surface area contributed by atoms with Gasteiger partial charge in [0.2, 0.25) is 0 Å². The highest BCUT2D eigenvalue weighted by Crippen LogP contribution is 2.33. The second kappa shape index (κ2) is 7.19. The Hall–Kier alpha value is -1.48. The lowest BCUT2D eigenvalue weighted by atomic mass is 10.0. The van der Waals surface area contributed by atoms with Gasteiger partial charge in [0, 0.05) is 6.04 Å². The summed E-state index contributed by atoms with van der Waals surface area (Å²) < 4.78 is 11.1. The first-order valence-electron chi connectivity index (χ1n) is 7.07. The standard InChI is InChI=1S/C16H23NO2/c1-2-3-4-5-6-7-14(17)13-8-9-15-16(12-13)19-11-10-18-15/h2,8-9,12,14H,1,3-7,10-11,17H2. The first-order valence-corrected chi connectivity index (χ1v) is 7.07. The van der Waals surface area contributed by atoms with Crippen molar-refractivity contribution in [3.8, 4) is 11.5 Å². The van der Waals surface area contributed by atoms with Crippen LogP contribution >= 0.6 is 0 Å². The van der Waals surface area contributed by atoms with Crippen LogP contribution in [0.25, 0.3) is 0 Å². The average molecular weight is 261 g/mol. The maximum absolute atomic E-state index is 6.23. The second-order valence-electron chi connectivity index (χ2n) is 4.94. The lowest BCUT2D eigenvalue weighted by Crippen LogP contribution is -2.16. The lowest BCUT2D eigenvalue weighted by Gasteiger charge is -2.20. The number of fused-ring (bicyclic) bond motifs is 1. The molecule has 0 aromatic heterocycles. The van der Waals surface area contributed by atoms with Crippen LogP contribution in [0.4, 0.5) is 0 Å². The summed E-state index contributed by atoms with van der Waals surface area (Å²) in [7, 11) is 0. The average Bonchev–Trinajstić information content (AvgIpc) is 2.46. The number of unbranched alkanes of at least 4 members (excludes halogenated alkanes) is 3. The quantitative estimate of drug-likeness (QED) is 0.602. The molecule has 2 rings (SSSR count). The summed E-state index contributed by atoms with van der Waals surface area (Å²) in [6.45, 7) is 4.98. The molecule has 0 fully saturated rings. The highest BCUT2D eigenvalue weighted by atomic mass is 16.6. The molecule has 2 N–H and O–H groups in total. The van der Waals surface area contributed by atoms with Crippen LogP contribution in [0, 0.1) is 0 Å². The fourth-order valence-corrected chi connectivity index (χ4v) is 2.29. The predicted octanol–water partition coefficient (Wildman–Crippen LogP) is 3.59. The van der Waals surface area contributed by atoms with Crippen LogP contribution in [-0.4, -0.2) is 13.2 Å². The number of rotatable bonds is 7. The molecule has 0 radical (unpaired) electrons. The van der Waals surface area contributed by atoms with Gasteiger partial charge in [0.05, 0.1) is 0 Å². The van der Waals surface area contributed by atoms with E-state index in [9.17, 15) is 0 Å². The zero-order chi connectivity index (χ0) is 13.5. The van der Waals surface area contributed by atoms with Crippen LogP contribution in [0.1, 0.15) is 43.7 Å². The van der Waals surface area contributed by atoms with Crippen LogP contribution in [0.5, 0.6) is 11.5 Å². The second-order valence-corrected chi connectivity index (χ2v) is 4.94. The van der Waals surface area contributed by atoms with E-state index >= 15 is 0 Å². The third-order valence-corrected chi connectivity index (χ3v) is 3.42. The van der Waals surface area contributed by atoms with Gasteiger partial charge in [-0.2, -0.15) is 0 Å². The largest absolute Gasteiger partial charge is 0.486 e. The van der Waals surface area contributed by atoms with Gasteiger partial charge in [-0.15, -0.1) is 6.58 Å². The Labute approximate surface area is 115 Å². The van der Waals surface area contributed by atoms with E-state index in [0.29, 0.717) is 13.2 Å². The molecule has 19 heavy (non-hydrogen) atoms. The minimum Gasteiger partial charge on any atom is -0.486 e. The molecule has 0 saturated carbocycles. The SMILES string of the molecule is C=CCCCCCC(N)c1ccc2c(c1)OCCO2. The molecule has 1 aliphatic rings. The summed E-state index contributed by atoms with van der Waals surface area (Å²) in [5.41, 5.74) is 7.36. The molecule has 0 amide bonds. The molecular weight excluding hydrogens is 238 g/mol. The predicted molar refractivity (Wildman–Crippen MR) is 77.6 cm³/mol. The van der Waals surface area contributed by atoms with Crippen LogP contribution in [-0.2, 0) is 0 Å². The van der Waals surface area contributed by atoms with Crippen LogP contribution in [0.15, 0.2) is 30.9 Å². The van der Waals surface area contributed by atoms with Gasteiger partial charge in [-0.1, -0.05) is 25.0 Å². The fraction of sp³-hybridized carbons (Fsp3) is 0.500. The highest BCUT2D eigenvalue weighted by Gasteiger charge is 2.14.